The van der Waals surface area contributed by atoms with E-state index in [2.05, 4.69) is 0 Å². The number of phenolic OH excluding ortho intramolecular Hbond substituents is 2. The quantitative estimate of drug-likeness (QED) is 0.656. The zero-order valence-corrected chi connectivity index (χ0v) is 12.4. The van der Waals surface area contributed by atoms with Gasteiger partial charge in [-0.3, -0.25) is 4.79 Å². The van der Waals surface area contributed by atoms with Gasteiger partial charge in [-0.25, -0.2) is 0 Å². The van der Waals surface area contributed by atoms with Gasteiger partial charge >= 0.3 is 5.97 Å². The van der Waals surface area contributed by atoms with Gasteiger partial charge in [0.25, 0.3) is 0 Å². The molecule has 116 valence electrons. The molecule has 0 spiro atoms. The smallest absolute Gasteiger partial charge is 0.313 e. The first kappa shape index (κ1) is 15.7. The number of esters is 1. The van der Waals surface area contributed by atoms with Crippen LogP contribution < -0.4 is 4.74 Å². The van der Waals surface area contributed by atoms with Crippen LogP contribution in [0.4, 0.5) is 0 Å². The largest absolute Gasteiger partial charge is 0.504 e. The molecule has 5 nitrogen and oxygen atoms in total. The molecule has 0 saturated heterocycles. The molecule has 0 amide bonds. The number of hydrogen-bond donors (Lipinski definition) is 2. The van der Waals surface area contributed by atoms with Crippen molar-refractivity contribution in [3.63, 3.8) is 0 Å². The molecule has 22 heavy (non-hydrogen) atoms. The van der Waals surface area contributed by atoms with Crippen LogP contribution in [0.3, 0.4) is 0 Å². The van der Waals surface area contributed by atoms with Gasteiger partial charge in [0, 0.05) is 0 Å². The molecule has 0 radical (unpaired) electrons. The topological polar surface area (TPSA) is 76.0 Å². The van der Waals surface area contributed by atoms with Crippen LogP contribution in [-0.2, 0) is 16.0 Å². The predicted octanol–water partition coefficient (Wildman–Crippen LogP) is 2.61. The van der Waals surface area contributed by atoms with E-state index in [1.807, 2.05) is 6.07 Å². The second kappa shape index (κ2) is 6.85. The Labute approximate surface area is 128 Å². The number of rotatable bonds is 5. The Kier molecular flexibility index (Phi) is 4.88. The highest BCUT2D eigenvalue weighted by Crippen LogP contribution is 2.30. The molecule has 0 saturated carbocycles. The fraction of sp³-hybridized carbons (Fsp3) is 0.235. The van der Waals surface area contributed by atoms with E-state index in [0.29, 0.717) is 17.7 Å². The van der Waals surface area contributed by atoms with Crippen molar-refractivity contribution >= 4 is 5.97 Å². The van der Waals surface area contributed by atoms with Gasteiger partial charge in [-0.1, -0.05) is 18.2 Å². The van der Waals surface area contributed by atoms with Crippen molar-refractivity contribution in [2.75, 3.05) is 14.2 Å². The van der Waals surface area contributed by atoms with Gasteiger partial charge in [-0.05, 0) is 41.8 Å². The van der Waals surface area contributed by atoms with Crippen molar-refractivity contribution in [3.8, 4) is 17.2 Å². The lowest BCUT2D eigenvalue weighted by Gasteiger charge is -2.16. The van der Waals surface area contributed by atoms with E-state index < -0.39 is 5.92 Å². The van der Waals surface area contributed by atoms with Crippen molar-refractivity contribution in [2.24, 2.45) is 0 Å². The van der Waals surface area contributed by atoms with Crippen molar-refractivity contribution < 1.29 is 24.5 Å². The third-order valence-electron chi connectivity index (χ3n) is 3.46. The normalized spacial score (nSPS) is 11.7. The second-order valence-electron chi connectivity index (χ2n) is 4.88. The molecule has 0 aliphatic heterocycles. The van der Waals surface area contributed by atoms with E-state index in [-0.39, 0.29) is 17.5 Å². The van der Waals surface area contributed by atoms with Gasteiger partial charge in [0.15, 0.2) is 11.5 Å². The van der Waals surface area contributed by atoms with Gasteiger partial charge in [0.05, 0.1) is 20.1 Å². The summed E-state index contributed by atoms with van der Waals surface area (Å²) in [5.41, 5.74) is 1.48. The van der Waals surface area contributed by atoms with Gasteiger partial charge in [0.1, 0.15) is 5.75 Å². The minimum Gasteiger partial charge on any atom is -0.504 e. The highest BCUT2D eigenvalue weighted by molar-refractivity contribution is 5.78. The number of benzene rings is 2. The number of carbonyl (C=O) groups excluding carboxylic acids is 1. The molecule has 0 heterocycles. The third kappa shape index (κ3) is 3.49. The summed E-state index contributed by atoms with van der Waals surface area (Å²) in [7, 11) is 2.90. The fourth-order valence-electron chi connectivity index (χ4n) is 2.27. The van der Waals surface area contributed by atoms with Gasteiger partial charge in [-0.15, -0.1) is 0 Å². The van der Waals surface area contributed by atoms with Crippen LogP contribution in [0.25, 0.3) is 0 Å². The number of carbonyl (C=O) groups is 1. The summed E-state index contributed by atoms with van der Waals surface area (Å²) in [6.45, 7) is 0. The van der Waals surface area contributed by atoms with Crippen LogP contribution >= 0.6 is 0 Å². The molecular weight excluding hydrogens is 284 g/mol. The maximum absolute atomic E-state index is 12.1. The third-order valence-corrected chi connectivity index (χ3v) is 3.46. The lowest BCUT2D eigenvalue weighted by molar-refractivity contribution is -0.142. The Morgan fingerprint density at radius 3 is 2.50 bits per heavy atom. The maximum Gasteiger partial charge on any atom is 0.313 e. The van der Waals surface area contributed by atoms with Crippen molar-refractivity contribution in [2.45, 2.75) is 12.3 Å². The molecule has 2 rings (SSSR count). The van der Waals surface area contributed by atoms with Gasteiger partial charge in [0.2, 0.25) is 0 Å². The van der Waals surface area contributed by atoms with Crippen LogP contribution in [-0.4, -0.2) is 30.4 Å². The lowest BCUT2D eigenvalue weighted by Crippen LogP contribution is -2.17. The molecule has 2 aromatic rings. The van der Waals surface area contributed by atoms with E-state index in [4.69, 9.17) is 9.47 Å². The Morgan fingerprint density at radius 2 is 1.86 bits per heavy atom. The summed E-state index contributed by atoms with van der Waals surface area (Å²) in [4.78, 5) is 12.1. The van der Waals surface area contributed by atoms with Crippen LogP contribution in [0, 0.1) is 0 Å². The number of aromatic hydroxyl groups is 2. The van der Waals surface area contributed by atoms with E-state index in [1.54, 1.807) is 31.4 Å². The van der Waals surface area contributed by atoms with Gasteiger partial charge in [-0.2, -0.15) is 0 Å². The van der Waals surface area contributed by atoms with E-state index in [0.717, 1.165) is 5.56 Å². The van der Waals surface area contributed by atoms with Crippen molar-refractivity contribution in [1.29, 1.82) is 0 Å². The first-order chi connectivity index (χ1) is 10.5. The van der Waals surface area contributed by atoms with Crippen molar-refractivity contribution in [3.05, 3.63) is 53.6 Å². The van der Waals surface area contributed by atoms with Crippen LogP contribution in [0.1, 0.15) is 17.0 Å². The number of phenols is 2. The Morgan fingerprint density at radius 1 is 1.09 bits per heavy atom. The Bertz CT molecular complexity index is 666. The van der Waals surface area contributed by atoms with Crippen LogP contribution in [0.2, 0.25) is 0 Å². The van der Waals surface area contributed by atoms with E-state index in [1.165, 1.54) is 19.2 Å². The summed E-state index contributed by atoms with van der Waals surface area (Å²) in [6.07, 6.45) is 0.341. The minimum absolute atomic E-state index is 0.195. The first-order valence-electron chi connectivity index (χ1n) is 6.77. The Hall–Kier alpha value is -2.69. The summed E-state index contributed by atoms with van der Waals surface area (Å²) >= 11 is 0. The monoisotopic (exact) mass is 302 g/mol. The molecule has 1 atom stereocenters. The van der Waals surface area contributed by atoms with Crippen LogP contribution in [0.5, 0.6) is 17.2 Å². The molecule has 0 aliphatic carbocycles. The van der Waals surface area contributed by atoms with Crippen LogP contribution in [0.15, 0.2) is 42.5 Å². The highest BCUT2D eigenvalue weighted by atomic mass is 16.5. The molecule has 0 aliphatic rings. The standard InChI is InChI=1S/C17H18O5/c1-21-13-5-3-4-12(10-13)14(17(20)22-2)8-11-6-7-15(18)16(19)9-11/h3-7,9-10,14,18-19H,8H2,1-2H3. The minimum atomic E-state index is -0.524. The summed E-state index contributed by atoms with van der Waals surface area (Å²) in [5, 5.41) is 18.9. The molecule has 2 N–H and O–H groups in total. The maximum atomic E-state index is 12.1. The van der Waals surface area contributed by atoms with E-state index >= 15 is 0 Å². The lowest BCUT2D eigenvalue weighted by atomic mass is 9.91. The predicted molar refractivity (Wildman–Crippen MR) is 81.2 cm³/mol. The van der Waals surface area contributed by atoms with Crippen molar-refractivity contribution in [1.82, 2.24) is 0 Å². The van der Waals surface area contributed by atoms with Gasteiger partial charge < -0.3 is 19.7 Å². The molecule has 0 fully saturated rings. The first-order valence-corrected chi connectivity index (χ1v) is 6.77. The second-order valence-corrected chi connectivity index (χ2v) is 4.88. The molecule has 2 aromatic carbocycles. The fourth-order valence-corrected chi connectivity index (χ4v) is 2.27. The summed E-state index contributed by atoms with van der Waals surface area (Å²) in [6, 6.07) is 11.7. The number of methoxy groups -OCH3 is 2. The molecule has 1 unspecified atom stereocenters. The summed E-state index contributed by atoms with van der Waals surface area (Å²) < 4.78 is 10.1. The molecule has 0 bridgehead atoms. The average Bonchev–Trinajstić information content (AvgIpc) is 2.55. The SMILES string of the molecule is COC(=O)C(Cc1ccc(O)c(O)c1)c1cccc(OC)c1. The molecular formula is C17H18O5. The number of hydrogen-bond acceptors (Lipinski definition) is 5. The zero-order valence-electron chi connectivity index (χ0n) is 12.4. The average molecular weight is 302 g/mol. The number of ether oxygens (including phenoxy) is 2. The zero-order chi connectivity index (χ0) is 16.1. The van der Waals surface area contributed by atoms with E-state index in [9.17, 15) is 15.0 Å². The Balaban J connectivity index is 2.33. The molecule has 0 aromatic heterocycles. The highest BCUT2D eigenvalue weighted by Gasteiger charge is 2.22. The summed E-state index contributed by atoms with van der Waals surface area (Å²) in [5.74, 6) is -0.656. The molecule has 5 heteroatoms.